The number of anilines is 1. The molecule has 0 bridgehead atoms. The Bertz CT molecular complexity index is 521. The van der Waals surface area contributed by atoms with Crippen LogP contribution in [0.4, 0.5) is 5.82 Å². The number of hydrogen-bond donors (Lipinski definition) is 1. The SMILES string of the molecule is c1ccc2c(NCC3COCCO3)nncc2c1. The zero-order valence-electron chi connectivity index (χ0n) is 10.0. The van der Waals surface area contributed by atoms with Crippen LogP contribution < -0.4 is 5.32 Å². The molecule has 0 spiro atoms. The molecule has 1 N–H and O–H groups in total. The Morgan fingerprint density at radius 1 is 1.28 bits per heavy atom. The third-order valence-electron chi connectivity index (χ3n) is 2.95. The second-order valence-corrected chi connectivity index (χ2v) is 4.23. The van der Waals surface area contributed by atoms with Gasteiger partial charge in [0.2, 0.25) is 0 Å². The molecule has 1 aliphatic heterocycles. The second-order valence-electron chi connectivity index (χ2n) is 4.23. The predicted molar refractivity (Wildman–Crippen MR) is 68.6 cm³/mol. The Morgan fingerprint density at radius 3 is 3.11 bits per heavy atom. The molecule has 3 rings (SSSR count). The molecule has 0 amide bonds. The lowest BCUT2D eigenvalue weighted by molar-refractivity contribution is -0.0819. The summed E-state index contributed by atoms with van der Waals surface area (Å²) in [6.07, 6.45) is 1.85. The monoisotopic (exact) mass is 245 g/mol. The van der Waals surface area contributed by atoms with Gasteiger partial charge < -0.3 is 14.8 Å². The second kappa shape index (κ2) is 5.29. The summed E-state index contributed by atoms with van der Waals surface area (Å²) in [5.74, 6) is 0.794. The van der Waals surface area contributed by atoms with Gasteiger partial charge in [0.15, 0.2) is 5.82 Å². The number of aromatic nitrogens is 2. The third kappa shape index (κ3) is 2.42. The fourth-order valence-corrected chi connectivity index (χ4v) is 2.02. The van der Waals surface area contributed by atoms with E-state index in [1.807, 2.05) is 24.3 Å². The topological polar surface area (TPSA) is 56.3 Å². The average Bonchev–Trinajstić information content (AvgIpc) is 2.46. The van der Waals surface area contributed by atoms with Crippen LogP contribution in [0.3, 0.4) is 0 Å². The van der Waals surface area contributed by atoms with Gasteiger partial charge in [-0.2, -0.15) is 5.10 Å². The van der Waals surface area contributed by atoms with E-state index in [0.717, 1.165) is 16.6 Å². The fourth-order valence-electron chi connectivity index (χ4n) is 2.02. The number of fused-ring (bicyclic) bond motifs is 1. The summed E-state index contributed by atoms with van der Waals surface area (Å²) in [4.78, 5) is 0. The van der Waals surface area contributed by atoms with Crippen LogP contribution in [0.2, 0.25) is 0 Å². The van der Waals surface area contributed by atoms with E-state index in [0.29, 0.717) is 26.4 Å². The lowest BCUT2D eigenvalue weighted by Gasteiger charge is -2.23. The smallest absolute Gasteiger partial charge is 0.156 e. The van der Waals surface area contributed by atoms with Gasteiger partial charge >= 0.3 is 0 Å². The summed E-state index contributed by atoms with van der Waals surface area (Å²) in [7, 11) is 0. The van der Waals surface area contributed by atoms with Gasteiger partial charge in [-0.3, -0.25) is 0 Å². The molecule has 1 aromatic carbocycles. The molecule has 1 atom stereocenters. The zero-order valence-corrected chi connectivity index (χ0v) is 10.0. The van der Waals surface area contributed by atoms with Crippen LogP contribution in [0.5, 0.6) is 0 Å². The first-order valence-corrected chi connectivity index (χ1v) is 6.07. The standard InChI is InChI=1S/C13H15N3O2/c1-2-4-12-10(3-1)7-15-16-13(12)14-8-11-9-17-5-6-18-11/h1-4,7,11H,5-6,8-9H2,(H,14,16). The quantitative estimate of drug-likeness (QED) is 0.887. The molecule has 0 aliphatic carbocycles. The molecular weight excluding hydrogens is 230 g/mol. The van der Waals surface area contributed by atoms with Gasteiger partial charge in [0.1, 0.15) is 0 Å². The maximum absolute atomic E-state index is 5.58. The van der Waals surface area contributed by atoms with Crippen LogP contribution in [0.25, 0.3) is 10.8 Å². The number of nitrogens with one attached hydrogen (secondary N) is 1. The van der Waals surface area contributed by atoms with Crippen molar-refractivity contribution in [1.82, 2.24) is 10.2 Å². The number of hydrogen-bond acceptors (Lipinski definition) is 5. The molecule has 0 saturated carbocycles. The van der Waals surface area contributed by atoms with E-state index < -0.39 is 0 Å². The number of rotatable bonds is 3. The summed E-state index contributed by atoms with van der Waals surface area (Å²) in [5.41, 5.74) is 0. The van der Waals surface area contributed by atoms with Gasteiger partial charge in [-0.25, -0.2) is 0 Å². The molecule has 1 aliphatic rings. The molecule has 5 heteroatoms. The molecule has 0 radical (unpaired) electrons. The van der Waals surface area contributed by atoms with Crippen molar-refractivity contribution in [3.05, 3.63) is 30.5 Å². The highest BCUT2D eigenvalue weighted by Gasteiger charge is 2.14. The largest absolute Gasteiger partial charge is 0.376 e. The number of benzene rings is 1. The van der Waals surface area contributed by atoms with Crippen LogP contribution >= 0.6 is 0 Å². The molecule has 1 aromatic heterocycles. The summed E-state index contributed by atoms with van der Waals surface area (Å²) in [6.45, 7) is 2.66. The van der Waals surface area contributed by atoms with Crippen LogP contribution in [0.15, 0.2) is 30.5 Å². The van der Waals surface area contributed by atoms with Gasteiger partial charge in [-0.15, -0.1) is 5.10 Å². The maximum Gasteiger partial charge on any atom is 0.156 e. The van der Waals surface area contributed by atoms with Crippen molar-refractivity contribution in [2.75, 3.05) is 31.7 Å². The minimum absolute atomic E-state index is 0.0829. The maximum atomic E-state index is 5.58. The third-order valence-corrected chi connectivity index (χ3v) is 2.95. The van der Waals surface area contributed by atoms with Crippen LogP contribution in [-0.4, -0.2) is 42.7 Å². The summed E-state index contributed by atoms with van der Waals surface area (Å²) in [6, 6.07) is 8.04. The molecular formula is C13H15N3O2. The van der Waals surface area contributed by atoms with Crippen molar-refractivity contribution >= 4 is 16.6 Å². The van der Waals surface area contributed by atoms with Gasteiger partial charge in [-0.1, -0.05) is 24.3 Å². The van der Waals surface area contributed by atoms with Crippen molar-refractivity contribution in [3.63, 3.8) is 0 Å². The van der Waals surface area contributed by atoms with Gasteiger partial charge in [0.05, 0.1) is 32.1 Å². The average molecular weight is 245 g/mol. The number of ether oxygens (including phenoxy) is 2. The first-order chi connectivity index (χ1) is 8.93. The molecule has 1 fully saturated rings. The molecule has 18 heavy (non-hydrogen) atoms. The van der Waals surface area contributed by atoms with Gasteiger partial charge in [0.25, 0.3) is 0 Å². The Hall–Kier alpha value is -1.72. The zero-order chi connectivity index (χ0) is 12.2. The first kappa shape index (κ1) is 11.4. The fraction of sp³-hybridized carbons (Fsp3) is 0.385. The van der Waals surface area contributed by atoms with Gasteiger partial charge in [-0.05, 0) is 0 Å². The Morgan fingerprint density at radius 2 is 2.22 bits per heavy atom. The summed E-state index contributed by atoms with van der Waals surface area (Å²) >= 11 is 0. The Labute approximate surface area is 105 Å². The van der Waals surface area contributed by atoms with E-state index in [1.54, 1.807) is 6.20 Å². The first-order valence-electron chi connectivity index (χ1n) is 6.07. The van der Waals surface area contributed by atoms with E-state index in [2.05, 4.69) is 15.5 Å². The normalized spacial score (nSPS) is 19.9. The van der Waals surface area contributed by atoms with E-state index in [1.165, 1.54) is 0 Å². The number of nitrogens with zero attached hydrogens (tertiary/aromatic N) is 2. The summed E-state index contributed by atoms with van der Waals surface area (Å²) < 4.78 is 10.9. The lowest BCUT2D eigenvalue weighted by Crippen LogP contribution is -2.34. The molecule has 1 unspecified atom stereocenters. The van der Waals surface area contributed by atoms with Crippen molar-refractivity contribution in [2.45, 2.75) is 6.10 Å². The highest BCUT2D eigenvalue weighted by Crippen LogP contribution is 2.19. The highest BCUT2D eigenvalue weighted by atomic mass is 16.6. The lowest BCUT2D eigenvalue weighted by atomic mass is 10.2. The Kier molecular flexibility index (Phi) is 3.34. The molecule has 5 nitrogen and oxygen atoms in total. The Balaban J connectivity index is 1.74. The van der Waals surface area contributed by atoms with E-state index in [9.17, 15) is 0 Å². The van der Waals surface area contributed by atoms with Crippen molar-refractivity contribution in [3.8, 4) is 0 Å². The summed E-state index contributed by atoms with van der Waals surface area (Å²) in [5, 5.41) is 13.6. The van der Waals surface area contributed by atoms with Crippen LogP contribution in [0, 0.1) is 0 Å². The minimum atomic E-state index is 0.0829. The van der Waals surface area contributed by atoms with E-state index in [4.69, 9.17) is 9.47 Å². The van der Waals surface area contributed by atoms with Crippen molar-refractivity contribution in [1.29, 1.82) is 0 Å². The molecule has 94 valence electrons. The molecule has 2 aromatic rings. The van der Waals surface area contributed by atoms with Crippen molar-refractivity contribution in [2.24, 2.45) is 0 Å². The van der Waals surface area contributed by atoms with E-state index >= 15 is 0 Å². The predicted octanol–water partition coefficient (Wildman–Crippen LogP) is 1.46. The minimum Gasteiger partial charge on any atom is -0.376 e. The van der Waals surface area contributed by atoms with Crippen LogP contribution in [-0.2, 0) is 9.47 Å². The van der Waals surface area contributed by atoms with Crippen LogP contribution in [0.1, 0.15) is 0 Å². The molecule has 2 heterocycles. The molecule has 1 saturated heterocycles. The van der Waals surface area contributed by atoms with Gasteiger partial charge in [0, 0.05) is 17.3 Å². The highest BCUT2D eigenvalue weighted by molar-refractivity contribution is 5.90. The van der Waals surface area contributed by atoms with E-state index in [-0.39, 0.29) is 6.10 Å². The van der Waals surface area contributed by atoms with Crippen molar-refractivity contribution < 1.29 is 9.47 Å².